The van der Waals surface area contributed by atoms with Crippen LogP contribution in [0.1, 0.15) is 29.8 Å². The van der Waals surface area contributed by atoms with Crippen LogP contribution in [0.4, 0.5) is 22.9 Å². The van der Waals surface area contributed by atoms with Crippen molar-refractivity contribution in [2.75, 3.05) is 16.8 Å². The van der Waals surface area contributed by atoms with E-state index in [1.165, 1.54) is 0 Å². The van der Waals surface area contributed by atoms with Crippen LogP contribution < -0.4 is 15.0 Å². The maximum absolute atomic E-state index is 5.93. The van der Waals surface area contributed by atoms with Gasteiger partial charge in [0.15, 0.2) is 17.5 Å². The Labute approximate surface area is 233 Å². The SMILES string of the molecule is CCOc1ccccc1NC1=Nc2ccccc2N2C1=Nc1c(c(C)nn1-c1ccccc1)[C@H]2c1ccccc1. The Balaban J connectivity index is 1.48. The van der Waals surface area contributed by atoms with Gasteiger partial charge in [-0.2, -0.15) is 5.10 Å². The zero-order valence-corrected chi connectivity index (χ0v) is 22.3. The Morgan fingerprint density at radius 2 is 1.50 bits per heavy atom. The van der Waals surface area contributed by atoms with Gasteiger partial charge >= 0.3 is 0 Å². The average Bonchev–Trinajstić information content (AvgIpc) is 3.34. The van der Waals surface area contributed by atoms with Crippen LogP contribution in [0.15, 0.2) is 119 Å². The second-order valence-electron chi connectivity index (χ2n) is 9.69. The van der Waals surface area contributed by atoms with E-state index in [0.29, 0.717) is 12.4 Å². The normalized spacial score (nSPS) is 15.3. The van der Waals surface area contributed by atoms with Crippen LogP contribution in [0, 0.1) is 6.92 Å². The first kappa shape index (κ1) is 23.9. The third kappa shape index (κ3) is 3.94. The Bertz CT molecular complexity index is 1760. The van der Waals surface area contributed by atoms with E-state index in [0.717, 1.165) is 57.0 Å². The van der Waals surface area contributed by atoms with E-state index in [2.05, 4.69) is 59.6 Å². The van der Waals surface area contributed by atoms with Crippen molar-refractivity contribution in [3.05, 3.63) is 126 Å². The van der Waals surface area contributed by atoms with Gasteiger partial charge in [-0.25, -0.2) is 14.7 Å². The van der Waals surface area contributed by atoms with Crippen LogP contribution in [0.3, 0.4) is 0 Å². The lowest BCUT2D eigenvalue weighted by Crippen LogP contribution is -2.46. The molecule has 0 saturated heterocycles. The number of fused-ring (bicyclic) bond motifs is 4. The molecule has 0 unspecified atom stereocenters. The first-order valence-electron chi connectivity index (χ1n) is 13.5. The lowest BCUT2D eigenvalue weighted by atomic mass is 9.93. The summed E-state index contributed by atoms with van der Waals surface area (Å²) in [6.07, 6.45) is 0. The summed E-state index contributed by atoms with van der Waals surface area (Å²) in [5.41, 5.74) is 6.82. The van der Waals surface area contributed by atoms with Crippen LogP contribution in [0.2, 0.25) is 0 Å². The molecule has 0 radical (unpaired) electrons. The predicted octanol–water partition coefficient (Wildman–Crippen LogP) is 7.37. The largest absolute Gasteiger partial charge is 0.492 e. The minimum Gasteiger partial charge on any atom is -0.492 e. The number of benzene rings is 4. The molecule has 0 bridgehead atoms. The maximum Gasteiger partial charge on any atom is 0.179 e. The van der Waals surface area contributed by atoms with Crippen LogP contribution in [-0.4, -0.2) is 28.1 Å². The molecule has 7 heteroatoms. The van der Waals surface area contributed by atoms with Crippen LogP contribution in [-0.2, 0) is 0 Å². The smallest absolute Gasteiger partial charge is 0.179 e. The van der Waals surface area contributed by atoms with E-state index >= 15 is 0 Å². The molecule has 7 nitrogen and oxygen atoms in total. The lowest BCUT2D eigenvalue weighted by molar-refractivity contribution is 0.342. The van der Waals surface area contributed by atoms with Crippen LogP contribution >= 0.6 is 0 Å². The maximum atomic E-state index is 5.93. The number of rotatable bonds is 5. The molecule has 0 spiro atoms. The Hall–Kier alpha value is -5.17. The highest BCUT2D eigenvalue weighted by Crippen LogP contribution is 2.48. The minimum atomic E-state index is -0.156. The van der Waals surface area contributed by atoms with Gasteiger partial charge in [-0.15, -0.1) is 0 Å². The van der Waals surface area contributed by atoms with E-state index in [1.54, 1.807) is 0 Å². The summed E-state index contributed by atoms with van der Waals surface area (Å²) in [6.45, 7) is 4.61. The molecule has 2 aliphatic heterocycles. The Morgan fingerprint density at radius 1 is 0.800 bits per heavy atom. The fraction of sp³-hybridized carbons (Fsp3) is 0.121. The fourth-order valence-corrected chi connectivity index (χ4v) is 5.48. The standard InChI is InChI=1S/C33H28N6O/c1-3-40-28-21-13-11-19-26(28)35-31-33-36-32-29(22(2)37-39(32)24-16-8-5-9-17-24)30(23-14-6-4-7-15-23)38(33)27-20-12-10-18-25(27)34-31/h4-21,30H,3H2,1-2H3,(H,34,35)/t30-/m1/s1. The number of hydrogen-bond acceptors (Lipinski definition) is 6. The number of aliphatic imine (C=N–C) groups is 2. The zero-order valence-electron chi connectivity index (χ0n) is 22.3. The van der Waals surface area contributed by atoms with E-state index in [-0.39, 0.29) is 6.04 Å². The highest BCUT2D eigenvalue weighted by molar-refractivity contribution is 6.51. The molecule has 1 N–H and O–H groups in total. The molecule has 0 aliphatic carbocycles. The van der Waals surface area contributed by atoms with Gasteiger partial charge in [-0.1, -0.05) is 72.8 Å². The van der Waals surface area contributed by atoms with Gasteiger partial charge < -0.3 is 15.0 Å². The predicted molar refractivity (Wildman–Crippen MR) is 161 cm³/mol. The molecule has 4 aromatic carbocycles. The molecule has 5 aromatic rings. The molecule has 1 aromatic heterocycles. The Morgan fingerprint density at radius 3 is 2.30 bits per heavy atom. The third-order valence-corrected chi connectivity index (χ3v) is 7.19. The van der Waals surface area contributed by atoms with Crippen molar-refractivity contribution in [1.82, 2.24) is 9.78 Å². The van der Waals surface area contributed by atoms with Crippen LogP contribution in [0.5, 0.6) is 5.75 Å². The monoisotopic (exact) mass is 524 g/mol. The quantitative estimate of drug-likeness (QED) is 0.261. The number of para-hydroxylation sites is 5. The van der Waals surface area contributed by atoms with Crippen molar-refractivity contribution < 1.29 is 4.74 Å². The van der Waals surface area contributed by atoms with Crippen molar-refractivity contribution in [3.8, 4) is 11.4 Å². The van der Waals surface area contributed by atoms with E-state index in [9.17, 15) is 0 Å². The topological polar surface area (TPSA) is 67.0 Å². The number of ether oxygens (including phenoxy) is 1. The summed E-state index contributed by atoms with van der Waals surface area (Å²) < 4.78 is 7.87. The lowest BCUT2D eigenvalue weighted by Gasteiger charge is -2.40. The number of hydrogen-bond donors (Lipinski definition) is 1. The first-order valence-corrected chi connectivity index (χ1v) is 13.5. The summed E-state index contributed by atoms with van der Waals surface area (Å²) in [6, 6.07) is 36.7. The van der Waals surface area contributed by atoms with Crippen molar-refractivity contribution in [2.24, 2.45) is 9.98 Å². The Kier molecular flexibility index (Phi) is 5.89. The third-order valence-electron chi connectivity index (χ3n) is 7.19. The molecule has 0 saturated carbocycles. The van der Waals surface area contributed by atoms with Gasteiger partial charge in [-0.3, -0.25) is 0 Å². The molecule has 7 rings (SSSR count). The molecule has 3 heterocycles. The van der Waals surface area contributed by atoms with Gasteiger partial charge in [0.1, 0.15) is 5.75 Å². The number of amidine groups is 2. The van der Waals surface area contributed by atoms with Gasteiger partial charge in [0, 0.05) is 5.56 Å². The second-order valence-corrected chi connectivity index (χ2v) is 9.69. The van der Waals surface area contributed by atoms with Crippen molar-refractivity contribution in [1.29, 1.82) is 0 Å². The first-order chi connectivity index (χ1) is 19.7. The molecule has 2 aliphatic rings. The number of nitrogens with zero attached hydrogens (tertiary/aromatic N) is 5. The number of aromatic nitrogens is 2. The number of aryl methyl sites for hydroxylation is 1. The summed E-state index contributed by atoms with van der Waals surface area (Å²) in [7, 11) is 0. The zero-order chi connectivity index (χ0) is 27.1. The van der Waals surface area contributed by atoms with Gasteiger partial charge in [0.05, 0.1) is 41.1 Å². The van der Waals surface area contributed by atoms with E-state index in [4.69, 9.17) is 19.8 Å². The second kappa shape index (κ2) is 9.85. The van der Waals surface area contributed by atoms with E-state index < -0.39 is 0 Å². The summed E-state index contributed by atoms with van der Waals surface area (Å²) in [5, 5.41) is 8.57. The molecule has 0 fully saturated rings. The van der Waals surface area contributed by atoms with Crippen molar-refractivity contribution in [3.63, 3.8) is 0 Å². The summed E-state index contributed by atoms with van der Waals surface area (Å²) in [4.78, 5) is 12.7. The highest BCUT2D eigenvalue weighted by Gasteiger charge is 2.41. The molecular formula is C33H28N6O. The molecule has 0 amide bonds. The summed E-state index contributed by atoms with van der Waals surface area (Å²) in [5.74, 6) is 2.94. The highest BCUT2D eigenvalue weighted by atomic mass is 16.5. The van der Waals surface area contributed by atoms with Gasteiger partial charge in [0.25, 0.3) is 0 Å². The average molecular weight is 525 g/mol. The van der Waals surface area contributed by atoms with Gasteiger partial charge in [0.2, 0.25) is 0 Å². The number of anilines is 2. The molecular weight excluding hydrogens is 496 g/mol. The molecule has 1 atom stereocenters. The van der Waals surface area contributed by atoms with Crippen molar-refractivity contribution in [2.45, 2.75) is 19.9 Å². The van der Waals surface area contributed by atoms with Gasteiger partial charge in [-0.05, 0) is 55.8 Å². The van der Waals surface area contributed by atoms with Crippen LogP contribution in [0.25, 0.3) is 5.69 Å². The van der Waals surface area contributed by atoms with Crippen molar-refractivity contribution >= 4 is 34.6 Å². The molecule has 40 heavy (non-hydrogen) atoms. The fourth-order valence-electron chi connectivity index (χ4n) is 5.48. The minimum absolute atomic E-state index is 0.156. The number of nitrogens with one attached hydrogen (secondary N) is 1. The molecule has 196 valence electrons. The van der Waals surface area contributed by atoms with E-state index in [1.807, 2.05) is 78.3 Å². The summed E-state index contributed by atoms with van der Waals surface area (Å²) >= 11 is 0.